The second kappa shape index (κ2) is 6.33. The molecule has 1 saturated heterocycles. The molecule has 1 unspecified atom stereocenters. The summed E-state index contributed by atoms with van der Waals surface area (Å²) in [6, 6.07) is 4.03. The summed E-state index contributed by atoms with van der Waals surface area (Å²) in [7, 11) is 0. The number of hydrogen-bond acceptors (Lipinski definition) is 5. The molecule has 0 radical (unpaired) electrons. The van der Waals surface area contributed by atoms with Crippen LogP contribution in [0.3, 0.4) is 0 Å². The van der Waals surface area contributed by atoms with Crippen molar-refractivity contribution < 1.29 is 17.6 Å². The number of rotatable bonds is 3. The Bertz CT molecular complexity index is 722. The third-order valence-electron chi connectivity index (χ3n) is 4.35. The van der Waals surface area contributed by atoms with Crippen molar-refractivity contribution >= 4 is 5.82 Å². The fourth-order valence-corrected chi connectivity index (χ4v) is 2.94. The van der Waals surface area contributed by atoms with Crippen LogP contribution in [0, 0.1) is 0 Å². The van der Waals surface area contributed by atoms with E-state index >= 15 is 0 Å². The number of nitrogens with zero attached hydrogens (tertiary/aromatic N) is 3. The summed E-state index contributed by atoms with van der Waals surface area (Å²) in [4.78, 5) is 2.24. The molecule has 0 amide bonds. The van der Waals surface area contributed by atoms with E-state index in [0.717, 1.165) is 19.0 Å². The predicted molar refractivity (Wildman–Crippen MR) is 88.1 cm³/mol. The first kappa shape index (κ1) is 17.7. The number of alkyl halides is 3. The molecule has 3 rings (SSSR count). The van der Waals surface area contributed by atoms with Gasteiger partial charge < -0.3 is 9.73 Å². The maximum atomic E-state index is 13.5. The van der Waals surface area contributed by atoms with Crippen LogP contribution in [0.25, 0.3) is 11.5 Å². The molecular formula is C17H21F3N4O. The number of halogens is 3. The third kappa shape index (κ3) is 3.95. The van der Waals surface area contributed by atoms with Crippen molar-refractivity contribution in [3.63, 3.8) is 0 Å². The average molecular weight is 354 g/mol. The summed E-state index contributed by atoms with van der Waals surface area (Å²) in [5, 5.41) is 10.6. The first-order valence-electron chi connectivity index (χ1n) is 8.15. The zero-order valence-corrected chi connectivity index (χ0v) is 14.4. The maximum Gasteiger partial charge on any atom is 0.420 e. The van der Waals surface area contributed by atoms with Crippen molar-refractivity contribution in [1.82, 2.24) is 15.1 Å². The molecule has 1 aliphatic heterocycles. The van der Waals surface area contributed by atoms with E-state index in [4.69, 9.17) is 4.42 Å². The molecule has 1 fully saturated rings. The van der Waals surface area contributed by atoms with Crippen LogP contribution in [0.5, 0.6) is 0 Å². The number of likely N-dealkylation sites (tertiary alicyclic amines) is 1. The lowest BCUT2D eigenvalue weighted by Gasteiger charge is -2.31. The van der Waals surface area contributed by atoms with E-state index in [1.165, 1.54) is 6.26 Å². The molecule has 1 aliphatic rings. The highest BCUT2D eigenvalue weighted by molar-refractivity contribution is 5.57. The minimum atomic E-state index is -4.53. The number of aromatic nitrogens is 2. The second-order valence-electron chi connectivity index (χ2n) is 7.21. The molecule has 136 valence electrons. The molecule has 1 atom stereocenters. The zero-order valence-electron chi connectivity index (χ0n) is 14.4. The van der Waals surface area contributed by atoms with Crippen molar-refractivity contribution in [1.29, 1.82) is 0 Å². The van der Waals surface area contributed by atoms with Gasteiger partial charge in [0.05, 0.1) is 6.26 Å². The molecule has 25 heavy (non-hydrogen) atoms. The Labute approximate surface area is 144 Å². The Kier molecular flexibility index (Phi) is 4.49. The first-order chi connectivity index (χ1) is 11.6. The Hall–Kier alpha value is -2.09. The van der Waals surface area contributed by atoms with E-state index in [9.17, 15) is 13.2 Å². The van der Waals surface area contributed by atoms with Gasteiger partial charge in [0.15, 0.2) is 11.6 Å². The highest BCUT2D eigenvalue weighted by Crippen LogP contribution is 2.36. The molecule has 0 saturated carbocycles. The molecule has 3 heterocycles. The summed E-state index contributed by atoms with van der Waals surface area (Å²) in [6.07, 6.45) is -2.38. The minimum absolute atomic E-state index is 0.0158. The van der Waals surface area contributed by atoms with Gasteiger partial charge >= 0.3 is 6.18 Å². The molecule has 0 aromatic carbocycles. The topological polar surface area (TPSA) is 54.2 Å². The highest BCUT2D eigenvalue weighted by atomic mass is 19.4. The van der Waals surface area contributed by atoms with Crippen LogP contribution in [-0.2, 0) is 6.18 Å². The largest absolute Gasteiger partial charge is 0.463 e. The quantitative estimate of drug-likeness (QED) is 0.902. The van der Waals surface area contributed by atoms with Gasteiger partial charge in [-0.25, -0.2) is 0 Å². The first-order valence-corrected chi connectivity index (χ1v) is 8.15. The molecule has 1 N–H and O–H groups in total. The molecule has 5 nitrogen and oxygen atoms in total. The van der Waals surface area contributed by atoms with Gasteiger partial charge in [-0.3, -0.25) is 4.90 Å². The monoisotopic (exact) mass is 354 g/mol. The van der Waals surface area contributed by atoms with Crippen LogP contribution >= 0.6 is 0 Å². The minimum Gasteiger partial charge on any atom is -0.463 e. The standard InChI is InChI=1S/C17H21F3N4O/c1-16(2,3)24-7-6-11(10-24)21-15-12(17(18,19)20)9-13(22-23-15)14-5-4-8-25-14/h4-5,8-9,11H,6-7,10H2,1-3H3,(H,21,23). The zero-order chi connectivity index (χ0) is 18.2. The second-order valence-corrected chi connectivity index (χ2v) is 7.21. The van der Waals surface area contributed by atoms with E-state index < -0.39 is 11.7 Å². The van der Waals surface area contributed by atoms with Crippen LogP contribution < -0.4 is 5.32 Å². The van der Waals surface area contributed by atoms with Crippen molar-refractivity contribution in [3.05, 3.63) is 30.0 Å². The van der Waals surface area contributed by atoms with Crippen molar-refractivity contribution in [2.75, 3.05) is 18.4 Å². The molecule has 8 heteroatoms. The van der Waals surface area contributed by atoms with Crippen LogP contribution in [0.15, 0.2) is 28.9 Å². The summed E-state index contributed by atoms with van der Waals surface area (Å²) < 4.78 is 45.5. The van der Waals surface area contributed by atoms with Gasteiger partial charge in [0.2, 0.25) is 0 Å². The summed E-state index contributed by atoms with van der Waals surface area (Å²) in [5.74, 6) is 0.0212. The summed E-state index contributed by atoms with van der Waals surface area (Å²) in [6.45, 7) is 7.78. The molecule has 0 bridgehead atoms. The fraction of sp³-hybridized carbons (Fsp3) is 0.529. The number of anilines is 1. The molecular weight excluding hydrogens is 333 g/mol. The van der Waals surface area contributed by atoms with Gasteiger partial charge in [-0.2, -0.15) is 13.2 Å². The van der Waals surface area contributed by atoms with Crippen molar-refractivity contribution in [2.45, 2.75) is 44.9 Å². The van der Waals surface area contributed by atoms with Gasteiger partial charge in [-0.15, -0.1) is 10.2 Å². The van der Waals surface area contributed by atoms with Crippen LogP contribution in [0.4, 0.5) is 19.0 Å². The Morgan fingerprint density at radius 3 is 2.56 bits per heavy atom. The molecule has 0 spiro atoms. The van der Waals surface area contributed by atoms with Crippen molar-refractivity contribution in [3.8, 4) is 11.5 Å². The molecule has 2 aromatic heterocycles. The van der Waals surface area contributed by atoms with Crippen LogP contribution in [-0.4, -0.2) is 39.8 Å². The normalized spacial score (nSPS) is 19.4. The third-order valence-corrected chi connectivity index (χ3v) is 4.35. The van der Waals surface area contributed by atoms with Gasteiger partial charge in [0.1, 0.15) is 11.3 Å². The number of hydrogen-bond donors (Lipinski definition) is 1. The summed E-state index contributed by atoms with van der Waals surface area (Å²) >= 11 is 0. The Balaban J connectivity index is 1.84. The Morgan fingerprint density at radius 1 is 1.24 bits per heavy atom. The van der Waals surface area contributed by atoms with E-state index in [1.807, 2.05) is 0 Å². The SMILES string of the molecule is CC(C)(C)N1CCC(Nc2nnc(-c3ccco3)cc2C(F)(F)F)C1. The lowest BCUT2D eigenvalue weighted by atomic mass is 10.1. The molecule has 0 aliphatic carbocycles. The lowest BCUT2D eigenvalue weighted by molar-refractivity contribution is -0.137. The van der Waals surface area contributed by atoms with E-state index in [0.29, 0.717) is 6.54 Å². The van der Waals surface area contributed by atoms with Gasteiger partial charge in [-0.1, -0.05) is 0 Å². The predicted octanol–water partition coefficient (Wildman–Crippen LogP) is 4.04. The van der Waals surface area contributed by atoms with Gasteiger partial charge in [0, 0.05) is 24.7 Å². The van der Waals surface area contributed by atoms with Crippen molar-refractivity contribution in [2.24, 2.45) is 0 Å². The lowest BCUT2D eigenvalue weighted by Crippen LogP contribution is -2.40. The smallest absolute Gasteiger partial charge is 0.420 e. The average Bonchev–Trinajstić information content (AvgIpc) is 3.17. The van der Waals surface area contributed by atoms with E-state index in [2.05, 4.69) is 41.2 Å². The van der Waals surface area contributed by atoms with E-state index in [1.54, 1.807) is 12.1 Å². The Morgan fingerprint density at radius 2 is 2.00 bits per heavy atom. The van der Waals surface area contributed by atoms with Crippen LogP contribution in [0.1, 0.15) is 32.8 Å². The summed E-state index contributed by atoms with van der Waals surface area (Å²) in [5.41, 5.74) is -0.785. The van der Waals surface area contributed by atoms with Gasteiger partial charge in [0.25, 0.3) is 0 Å². The number of furan rings is 1. The van der Waals surface area contributed by atoms with Crippen LogP contribution in [0.2, 0.25) is 0 Å². The maximum absolute atomic E-state index is 13.5. The fourth-order valence-electron chi connectivity index (χ4n) is 2.94. The van der Waals surface area contributed by atoms with Gasteiger partial charge in [-0.05, 0) is 45.4 Å². The molecule has 2 aromatic rings. The highest BCUT2D eigenvalue weighted by Gasteiger charge is 2.37. The number of nitrogens with one attached hydrogen (secondary N) is 1. The van der Waals surface area contributed by atoms with E-state index in [-0.39, 0.29) is 28.9 Å².